The summed E-state index contributed by atoms with van der Waals surface area (Å²) < 4.78 is 19.3. The molecule has 1 aliphatic rings. The zero-order chi connectivity index (χ0) is 10.9. The van der Waals surface area contributed by atoms with Crippen LogP contribution in [0.2, 0.25) is 0 Å². The van der Waals surface area contributed by atoms with Gasteiger partial charge in [0.1, 0.15) is 11.5 Å². The van der Waals surface area contributed by atoms with Crippen LogP contribution in [0.15, 0.2) is 24.3 Å². The summed E-state index contributed by atoms with van der Waals surface area (Å²) in [7, 11) is 0. The van der Waals surface area contributed by atoms with Crippen molar-refractivity contribution in [2.24, 2.45) is 5.92 Å². The van der Waals surface area contributed by atoms with E-state index < -0.39 is 5.72 Å². The molecule has 0 radical (unpaired) electrons. The highest BCUT2D eigenvalue weighted by Crippen LogP contribution is 2.28. The molecule has 0 saturated carbocycles. The maximum atomic E-state index is 13.6. The van der Waals surface area contributed by atoms with E-state index in [1.165, 1.54) is 6.07 Å². The van der Waals surface area contributed by atoms with E-state index in [4.69, 9.17) is 4.74 Å². The van der Waals surface area contributed by atoms with Gasteiger partial charge in [-0.1, -0.05) is 25.1 Å². The van der Waals surface area contributed by atoms with E-state index in [2.05, 4.69) is 12.2 Å². The number of hydrogen-bond donors (Lipinski definition) is 1. The Morgan fingerprint density at radius 2 is 2.12 bits per heavy atom. The van der Waals surface area contributed by atoms with Crippen LogP contribution in [0.25, 0.3) is 0 Å². The minimum Gasteiger partial charge on any atom is -0.356 e. The predicted octanol–water partition coefficient (Wildman–Crippen LogP) is 2.68. The quantitative estimate of drug-likeness (QED) is 0.822. The van der Waals surface area contributed by atoms with E-state index in [0.717, 1.165) is 6.54 Å². The maximum Gasteiger partial charge on any atom is 0.145 e. The molecule has 1 heterocycles. The van der Waals surface area contributed by atoms with Gasteiger partial charge in [-0.15, -0.1) is 12.4 Å². The van der Waals surface area contributed by atoms with E-state index >= 15 is 0 Å². The molecule has 1 aromatic rings. The maximum absolute atomic E-state index is 13.6. The minimum absolute atomic E-state index is 0. The van der Waals surface area contributed by atoms with Gasteiger partial charge in [0.25, 0.3) is 0 Å². The number of benzene rings is 1. The molecule has 0 amide bonds. The topological polar surface area (TPSA) is 21.3 Å². The van der Waals surface area contributed by atoms with Crippen molar-refractivity contribution in [1.29, 1.82) is 0 Å². The van der Waals surface area contributed by atoms with Gasteiger partial charge in [-0.25, -0.2) is 4.39 Å². The Bertz CT molecular complexity index is 351. The van der Waals surface area contributed by atoms with Crippen LogP contribution in [0.1, 0.15) is 19.4 Å². The van der Waals surface area contributed by atoms with E-state index in [-0.39, 0.29) is 18.2 Å². The van der Waals surface area contributed by atoms with Crippen LogP contribution in [-0.2, 0) is 10.5 Å². The van der Waals surface area contributed by atoms with Crippen molar-refractivity contribution in [3.05, 3.63) is 35.6 Å². The lowest BCUT2D eigenvalue weighted by Crippen LogP contribution is -2.50. The van der Waals surface area contributed by atoms with Crippen molar-refractivity contribution in [2.45, 2.75) is 19.6 Å². The van der Waals surface area contributed by atoms with Crippen LogP contribution in [0.5, 0.6) is 0 Å². The fourth-order valence-electron chi connectivity index (χ4n) is 1.81. The second-order valence-electron chi connectivity index (χ2n) is 4.31. The molecule has 1 saturated heterocycles. The standard InChI is InChI=1S/C12H16FNO.ClH/c1-9-7-14-12(2,15-8-9)10-5-3-4-6-11(10)13;/h3-6,9,14H,7-8H2,1-2H3;1H. The van der Waals surface area contributed by atoms with Crippen molar-refractivity contribution in [3.63, 3.8) is 0 Å². The van der Waals surface area contributed by atoms with Crippen LogP contribution in [0.4, 0.5) is 4.39 Å². The van der Waals surface area contributed by atoms with Gasteiger partial charge in [0.05, 0.1) is 6.61 Å². The third-order valence-corrected chi connectivity index (χ3v) is 2.83. The van der Waals surface area contributed by atoms with Gasteiger partial charge < -0.3 is 4.74 Å². The summed E-state index contributed by atoms with van der Waals surface area (Å²) in [6.45, 7) is 5.49. The van der Waals surface area contributed by atoms with Crippen LogP contribution in [-0.4, -0.2) is 13.2 Å². The molecule has 1 aromatic carbocycles. The van der Waals surface area contributed by atoms with Gasteiger partial charge in [0.15, 0.2) is 0 Å². The number of ether oxygens (including phenoxy) is 1. The summed E-state index contributed by atoms with van der Waals surface area (Å²) in [5, 5.41) is 3.24. The molecule has 2 atom stereocenters. The highest BCUT2D eigenvalue weighted by atomic mass is 35.5. The molecule has 1 N–H and O–H groups in total. The Labute approximate surface area is 102 Å². The van der Waals surface area contributed by atoms with Gasteiger partial charge in [-0.3, -0.25) is 5.32 Å². The van der Waals surface area contributed by atoms with Crippen LogP contribution >= 0.6 is 12.4 Å². The van der Waals surface area contributed by atoms with Gasteiger partial charge in [0, 0.05) is 12.1 Å². The Kier molecular flexibility index (Phi) is 4.30. The number of hydrogen-bond acceptors (Lipinski definition) is 2. The molecular formula is C12H17ClFNO. The van der Waals surface area contributed by atoms with Crippen LogP contribution in [0.3, 0.4) is 0 Å². The molecule has 1 fully saturated rings. The molecule has 2 rings (SSSR count). The first-order valence-electron chi connectivity index (χ1n) is 5.26. The zero-order valence-corrected chi connectivity index (χ0v) is 10.3. The summed E-state index contributed by atoms with van der Waals surface area (Å²) in [5.74, 6) is 0.256. The second kappa shape index (κ2) is 5.13. The van der Waals surface area contributed by atoms with Gasteiger partial charge in [-0.2, -0.15) is 0 Å². The third-order valence-electron chi connectivity index (χ3n) is 2.83. The average Bonchev–Trinajstić information content (AvgIpc) is 2.23. The summed E-state index contributed by atoms with van der Waals surface area (Å²) >= 11 is 0. The van der Waals surface area contributed by atoms with Crippen molar-refractivity contribution in [3.8, 4) is 0 Å². The lowest BCUT2D eigenvalue weighted by atomic mass is 10.0. The lowest BCUT2D eigenvalue weighted by molar-refractivity contribution is -0.108. The van der Waals surface area contributed by atoms with Crippen molar-refractivity contribution < 1.29 is 9.13 Å². The molecule has 4 heteroatoms. The van der Waals surface area contributed by atoms with E-state index in [1.807, 2.05) is 13.0 Å². The fraction of sp³-hybridized carbons (Fsp3) is 0.500. The molecule has 2 unspecified atom stereocenters. The summed E-state index contributed by atoms with van der Waals surface area (Å²) in [6.07, 6.45) is 0. The summed E-state index contributed by atoms with van der Waals surface area (Å²) in [4.78, 5) is 0. The Balaban J connectivity index is 0.00000128. The molecular weight excluding hydrogens is 229 g/mol. The smallest absolute Gasteiger partial charge is 0.145 e. The first kappa shape index (κ1) is 13.4. The molecule has 16 heavy (non-hydrogen) atoms. The lowest BCUT2D eigenvalue weighted by Gasteiger charge is -2.38. The normalized spacial score (nSPS) is 29.6. The molecule has 90 valence electrons. The summed E-state index contributed by atoms with van der Waals surface area (Å²) in [5.41, 5.74) is -0.102. The molecule has 0 aromatic heterocycles. The van der Waals surface area contributed by atoms with Gasteiger partial charge in [-0.05, 0) is 18.9 Å². The van der Waals surface area contributed by atoms with Crippen molar-refractivity contribution in [2.75, 3.05) is 13.2 Å². The molecule has 0 spiro atoms. The van der Waals surface area contributed by atoms with Gasteiger partial charge in [0.2, 0.25) is 0 Å². The van der Waals surface area contributed by atoms with Crippen molar-refractivity contribution in [1.82, 2.24) is 5.32 Å². The summed E-state index contributed by atoms with van der Waals surface area (Å²) in [6, 6.07) is 6.74. The first-order chi connectivity index (χ1) is 7.12. The third kappa shape index (κ3) is 2.54. The Morgan fingerprint density at radius 3 is 2.69 bits per heavy atom. The van der Waals surface area contributed by atoms with E-state index in [1.54, 1.807) is 12.1 Å². The number of halogens is 2. The number of rotatable bonds is 1. The Morgan fingerprint density at radius 1 is 1.44 bits per heavy atom. The molecule has 0 aliphatic carbocycles. The second-order valence-corrected chi connectivity index (χ2v) is 4.31. The highest BCUT2D eigenvalue weighted by molar-refractivity contribution is 5.85. The zero-order valence-electron chi connectivity index (χ0n) is 9.50. The van der Waals surface area contributed by atoms with Crippen molar-refractivity contribution >= 4 is 12.4 Å². The van der Waals surface area contributed by atoms with E-state index in [9.17, 15) is 4.39 Å². The van der Waals surface area contributed by atoms with Crippen LogP contribution < -0.4 is 5.32 Å². The highest BCUT2D eigenvalue weighted by Gasteiger charge is 2.33. The van der Waals surface area contributed by atoms with Crippen LogP contribution in [0, 0.1) is 11.7 Å². The minimum atomic E-state index is -0.683. The van der Waals surface area contributed by atoms with E-state index in [0.29, 0.717) is 18.1 Å². The molecule has 0 bridgehead atoms. The molecule has 2 nitrogen and oxygen atoms in total. The SMILES string of the molecule is CC1CNC(C)(c2ccccc2F)OC1.Cl. The fourth-order valence-corrected chi connectivity index (χ4v) is 1.81. The average molecular weight is 246 g/mol. The number of nitrogens with one attached hydrogen (secondary N) is 1. The molecule has 1 aliphatic heterocycles. The monoisotopic (exact) mass is 245 g/mol. The first-order valence-corrected chi connectivity index (χ1v) is 5.26. The van der Waals surface area contributed by atoms with Gasteiger partial charge >= 0.3 is 0 Å². The Hall–Kier alpha value is -0.640. The largest absolute Gasteiger partial charge is 0.356 e. The predicted molar refractivity (Wildman–Crippen MR) is 64.1 cm³/mol.